The highest BCUT2D eigenvalue weighted by Crippen LogP contribution is 2.05. The van der Waals surface area contributed by atoms with Gasteiger partial charge in [0.1, 0.15) is 0 Å². The van der Waals surface area contributed by atoms with Crippen LogP contribution in [0.2, 0.25) is 0 Å². The molecule has 0 heterocycles. The van der Waals surface area contributed by atoms with Crippen LogP contribution in [0.4, 0.5) is 0 Å². The van der Waals surface area contributed by atoms with Crippen molar-refractivity contribution >= 4 is 0 Å². The first-order valence-electron chi connectivity index (χ1n) is 4.11. The van der Waals surface area contributed by atoms with Gasteiger partial charge in [0.15, 0.2) is 0 Å². The molecule has 11 heavy (non-hydrogen) atoms. The van der Waals surface area contributed by atoms with Gasteiger partial charge in [-0.05, 0) is 26.2 Å². The molecule has 0 N–H and O–H groups in total. The van der Waals surface area contributed by atoms with E-state index in [1.54, 1.807) is 0 Å². The zero-order chi connectivity index (χ0) is 8.69. The summed E-state index contributed by atoms with van der Waals surface area (Å²) in [6.07, 6.45) is 9.68. The molecular weight excluding hydrogens is 132 g/mol. The van der Waals surface area contributed by atoms with Crippen LogP contribution in [0, 0.1) is 5.92 Å². The fraction of sp³-hybridized carbons (Fsp3) is 0.455. The maximum Gasteiger partial charge on any atom is -0.0224 e. The average molecular weight is 150 g/mol. The Bertz CT molecular complexity index is 161. The number of hydrogen-bond acceptors (Lipinski definition) is 0. The summed E-state index contributed by atoms with van der Waals surface area (Å²) in [5.41, 5.74) is 1.12. The first kappa shape index (κ1) is 10.2. The molecule has 0 nitrogen and oxygen atoms in total. The van der Waals surface area contributed by atoms with Crippen LogP contribution in [0.1, 0.15) is 27.2 Å². The highest BCUT2D eigenvalue weighted by molar-refractivity contribution is 5.12. The van der Waals surface area contributed by atoms with Crippen molar-refractivity contribution in [3.05, 3.63) is 36.5 Å². The Morgan fingerprint density at radius 2 is 2.18 bits per heavy atom. The summed E-state index contributed by atoms with van der Waals surface area (Å²) in [4.78, 5) is 0. The third-order valence-corrected chi connectivity index (χ3v) is 1.45. The second kappa shape index (κ2) is 5.96. The van der Waals surface area contributed by atoms with E-state index in [4.69, 9.17) is 0 Å². The molecule has 0 amide bonds. The molecule has 0 rings (SSSR count). The Hall–Kier alpha value is -0.780. The molecule has 1 atom stereocenters. The first-order chi connectivity index (χ1) is 5.16. The quantitative estimate of drug-likeness (QED) is 0.423. The molecule has 0 aliphatic rings. The fourth-order valence-electron chi connectivity index (χ4n) is 0.758. The lowest BCUT2D eigenvalue weighted by molar-refractivity contribution is 0.743. The fourth-order valence-corrected chi connectivity index (χ4v) is 0.758. The van der Waals surface area contributed by atoms with Crippen molar-refractivity contribution < 1.29 is 0 Å². The molecule has 0 bridgehead atoms. The molecular formula is C11H18. The lowest BCUT2D eigenvalue weighted by atomic mass is 10.1. The highest BCUT2D eigenvalue weighted by Gasteiger charge is 1.90. The third-order valence-electron chi connectivity index (χ3n) is 1.45. The Morgan fingerprint density at radius 1 is 1.55 bits per heavy atom. The number of rotatable bonds is 4. The molecule has 0 aliphatic heterocycles. The van der Waals surface area contributed by atoms with Crippen LogP contribution >= 0.6 is 0 Å². The van der Waals surface area contributed by atoms with Crippen LogP contribution < -0.4 is 0 Å². The van der Waals surface area contributed by atoms with Crippen LogP contribution in [0.5, 0.6) is 0 Å². The minimum Gasteiger partial charge on any atom is -0.0961 e. The maximum atomic E-state index is 3.80. The minimum absolute atomic E-state index is 0.628. The van der Waals surface area contributed by atoms with E-state index in [-0.39, 0.29) is 0 Å². The molecule has 0 radical (unpaired) electrons. The molecule has 0 aromatic rings. The van der Waals surface area contributed by atoms with Gasteiger partial charge in [-0.2, -0.15) is 0 Å². The van der Waals surface area contributed by atoms with Gasteiger partial charge in [0.05, 0.1) is 0 Å². The predicted octanol–water partition coefficient (Wildman–Crippen LogP) is 3.72. The maximum absolute atomic E-state index is 3.80. The van der Waals surface area contributed by atoms with Crippen LogP contribution in [0.3, 0.4) is 0 Å². The van der Waals surface area contributed by atoms with Crippen molar-refractivity contribution in [2.45, 2.75) is 27.2 Å². The zero-order valence-electron chi connectivity index (χ0n) is 7.80. The largest absolute Gasteiger partial charge is 0.0961 e. The van der Waals surface area contributed by atoms with E-state index in [1.165, 1.54) is 0 Å². The van der Waals surface area contributed by atoms with E-state index in [0.717, 1.165) is 12.0 Å². The van der Waals surface area contributed by atoms with E-state index >= 15 is 0 Å². The average Bonchev–Trinajstić information content (AvgIpc) is 1.97. The van der Waals surface area contributed by atoms with Gasteiger partial charge in [-0.1, -0.05) is 43.4 Å². The normalized spacial score (nSPS) is 14.5. The summed E-state index contributed by atoms with van der Waals surface area (Å²) >= 11 is 0. The lowest BCUT2D eigenvalue weighted by Gasteiger charge is -1.99. The molecule has 0 aromatic carbocycles. The van der Waals surface area contributed by atoms with Gasteiger partial charge in [0.2, 0.25) is 0 Å². The van der Waals surface area contributed by atoms with Crippen LogP contribution in [0.25, 0.3) is 0 Å². The SMILES string of the molecule is C=C(C)/C=C/C(C)C/C=C\C. The Kier molecular flexibility index (Phi) is 5.54. The van der Waals surface area contributed by atoms with E-state index in [9.17, 15) is 0 Å². The summed E-state index contributed by atoms with van der Waals surface area (Å²) in [6.45, 7) is 10.1. The lowest BCUT2D eigenvalue weighted by Crippen LogP contribution is -1.85. The van der Waals surface area contributed by atoms with E-state index in [2.05, 4.69) is 44.7 Å². The minimum atomic E-state index is 0.628. The van der Waals surface area contributed by atoms with Crippen molar-refractivity contribution in [3.8, 4) is 0 Å². The Morgan fingerprint density at radius 3 is 2.64 bits per heavy atom. The van der Waals surface area contributed by atoms with Crippen molar-refractivity contribution in [1.82, 2.24) is 0 Å². The van der Waals surface area contributed by atoms with Crippen molar-refractivity contribution in [2.75, 3.05) is 0 Å². The zero-order valence-corrected chi connectivity index (χ0v) is 7.80. The molecule has 0 aliphatic carbocycles. The van der Waals surface area contributed by atoms with Gasteiger partial charge < -0.3 is 0 Å². The van der Waals surface area contributed by atoms with E-state index in [1.807, 2.05) is 6.92 Å². The Balaban J connectivity index is 3.67. The van der Waals surface area contributed by atoms with Crippen LogP contribution in [-0.4, -0.2) is 0 Å². The topological polar surface area (TPSA) is 0 Å². The second-order valence-corrected chi connectivity index (χ2v) is 2.99. The molecule has 0 heteroatoms. The molecule has 0 saturated carbocycles. The van der Waals surface area contributed by atoms with E-state index in [0.29, 0.717) is 5.92 Å². The first-order valence-corrected chi connectivity index (χ1v) is 4.11. The third kappa shape index (κ3) is 7.11. The molecule has 0 aromatic heterocycles. The van der Waals surface area contributed by atoms with Crippen LogP contribution in [0.15, 0.2) is 36.5 Å². The number of allylic oxidation sites excluding steroid dienone is 5. The summed E-state index contributed by atoms with van der Waals surface area (Å²) in [5, 5.41) is 0. The summed E-state index contributed by atoms with van der Waals surface area (Å²) in [7, 11) is 0. The monoisotopic (exact) mass is 150 g/mol. The highest BCUT2D eigenvalue weighted by atomic mass is 14.0. The van der Waals surface area contributed by atoms with Gasteiger partial charge in [-0.3, -0.25) is 0 Å². The van der Waals surface area contributed by atoms with Gasteiger partial charge in [-0.15, -0.1) is 0 Å². The summed E-state index contributed by atoms with van der Waals surface area (Å²) in [5.74, 6) is 0.628. The smallest absolute Gasteiger partial charge is 0.0224 e. The van der Waals surface area contributed by atoms with Gasteiger partial charge in [0.25, 0.3) is 0 Å². The van der Waals surface area contributed by atoms with Gasteiger partial charge >= 0.3 is 0 Å². The number of hydrogen-bond donors (Lipinski definition) is 0. The van der Waals surface area contributed by atoms with E-state index < -0.39 is 0 Å². The van der Waals surface area contributed by atoms with Crippen molar-refractivity contribution in [1.29, 1.82) is 0 Å². The van der Waals surface area contributed by atoms with Gasteiger partial charge in [-0.25, -0.2) is 0 Å². The van der Waals surface area contributed by atoms with Crippen molar-refractivity contribution in [3.63, 3.8) is 0 Å². The van der Waals surface area contributed by atoms with Crippen LogP contribution in [-0.2, 0) is 0 Å². The second-order valence-electron chi connectivity index (χ2n) is 2.99. The van der Waals surface area contributed by atoms with Crippen molar-refractivity contribution in [2.24, 2.45) is 5.92 Å². The standard InChI is InChI=1S/C11H18/c1-5-6-7-11(4)9-8-10(2)3/h5-6,8-9,11H,2,7H2,1,3-4H3/b6-5-,9-8+. The molecule has 1 unspecified atom stereocenters. The molecule has 0 saturated heterocycles. The molecule has 62 valence electrons. The predicted molar refractivity (Wildman–Crippen MR) is 52.5 cm³/mol. The molecule has 0 spiro atoms. The Labute approximate surface area is 70.3 Å². The molecule has 0 fully saturated rings. The summed E-state index contributed by atoms with van der Waals surface area (Å²) < 4.78 is 0. The summed E-state index contributed by atoms with van der Waals surface area (Å²) in [6, 6.07) is 0. The van der Waals surface area contributed by atoms with Gasteiger partial charge in [0, 0.05) is 0 Å².